The van der Waals surface area contributed by atoms with Gasteiger partial charge >= 0.3 is 0 Å². The first kappa shape index (κ1) is 15.5. The Balaban J connectivity index is 1.47. The number of morpholine rings is 1. The Bertz CT molecular complexity index is 494. The molecule has 0 aromatic carbocycles. The number of aromatic nitrogens is 2. The number of ether oxygens (including phenoxy) is 1. The Morgan fingerprint density at radius 2 is 2.18 bits per heavy atom. The van der Waals surface area contributed by atoms with Crippen LogP contribution < -0.4 is 0 Å². The van der Waals surface area contributed by atoms with Crippen molar-refractivity contribution in [3.8, 4) is 0 Å². The van der Waals surface area contributed by atoms with E-state index < -0.39 is 0 Å². The summed E-state index contributed by atoms with van der Waals surface area (Å²) in [4.78, 5) is 15.9. The highest BCUT2D eigenvalue weighted by Gasteiger charge is 2.41. The molecule has 0 bridgehead atoms. The van der Waals surface area contributed by atoms with Crippen LogP contribution in [0.4, 0.5) is 0 Å². The monoisotopic (exact) mass is 306 g/mol. The molecule has 3 rings (SSSR count). The average Bonchev–Trinajstić information content (AvgIpc) is 3.03. The molecule has 6 nitrogen and oxygen atoms in total. The van der Waals surface area contributed by atoms with Gasteiger partial charge in [0.25, 0.3) is 0 Å². The van der Waals surface area contributed by atoms with E-state index in [0.29, 0.717) is 6.04 Å². The Morgan fingerprint density at radius 3 is 2.82 bits per heavy atom. The number of amides is 1. The van der Waals surface area contributed by atoms with Crippen LogP contribution in [0.15, 0.2) is 18.5 Å². The zero-order valence-electron chi connectivity index (χ0n) is 13.6. The van der Waals surface area contributed by atoms with Gasteiger partial charge in [0.2, 0.25) is 5.91 Å². The van der Waals surface area contributed by atoms with Gasteiger partial charge in [-0.05, 0) is 32.3 Å². The van der Waals surface area contributed by atoms with Crippen molar-refractivity contribution in [2.24, 2.45) is 0 Å². The summed E-state index contributed by atoms with van der Waals surface area (Å²) in [5, 5.41) is 4.26. The van der Waals surface area contributed by atoms with E-state index >= 15 is 0 Å². The zero-order valence-corrected chi connectivity index (χ0v) is 13.6. The van der Waals surface area contributed by atoms with Crippen molar-refractivity contribution in [3.05, 3.63) is 18.5 Å². The van der Waals surface area contributed by atoms with Crippen molar-refractivity contribution in [1.82, 2.24) is 19.6 Å². The third-order valence-corrected chi connectivity index (χ3v) is 5.12. The minimum atomic E-state index is -0.110. The Kier molecular flexibility index (Phi) is 4.49. The van der Waals surface area contributed by atoms with Crippen LogP contribution in [-0.2, 0) is 16.1 Å². The molecule has 1 atom stereocenters. The lowest BCUT2D eigenvalue weighted by Gasteiger charge is -2.47. The van der Waals surface area contributed by atoms with Crippen LogP contribution >= 0.6 is 0 Å². The largest absolute Gasteiger partial charge is 0.363 e. The molecule has 0 radical (unpaired) electrons. The molecule has 6 heteroatoms. The Morgan fingerprint density at radius 1 is 1.41 bits per heavy atom. The highest BCUT2D eigenvalue weighted by Crippen LogP contribution is 2.31. The lowest BCUT2D eigenvalue weighted by Crippen LogP contribution is -2.58. The summed E-state index contributed by atoms with van der Waals surface area (Å²) in [5.41, 5.74) is -0.110. The lowest BCUT2D eigenvalue weighted by molar-refractivity contribution is -0.169. The molecule has 1 aromatic rings. The van der Waals surface area contributed by atoms with Gasteiger partial charge in [0.15, 0.2) is 0 Å². The molecule has 1 aromatic heterocycles. The summed E-state index contributed by atoms with van der Waals surface area (Å²) in [7, 11) is 1.88. The maximum Gasteiger partial charge on any atom is 0.248 e. The average molecular weight is 306 g/mol. The van der Waals surface area contributed by atoms with E-state index in [0.717, 1.165) is 45.4 Å². The third-order valence-electron chi connectivity index (χ3n) is 5.12. The molecule has 2 aliphatic heterocycles. The second kappa shape index (κ2) is 6.38. The van der Waals surface area contributed by atoms with Gasteiger partial charge in [0, 0.05) is 51.7 Å². The summed E-state index contributed by atoms with van der Waals surface area (Å²) < 4.78 is 7.90. The molecule has 1 spiro atoms. The van der Waals surface area contributed by atoms with Crippen LogP contribution in [0.5, 0.6) is 0 Å². The van der Waals surface area contributed by atoms with Crippen molar-refractivity contribution in [1.29, 1.82) is 0 Å². The number of piperidine rings is 1. The lowest BCUT2D eigenvalue weighted by atomic mass is 9.88. The van der Waals surface area contributed by atoms with Crippen LogP contribution in [0, 0.1) is 0 Å². The fraction of sp³-hybridized carbons (Fsp3) is 0.750. The molecule has 122 valence electrons. The summed E-state index contributed by atoms with van der Waals surface area (Å²) >= 11 is 0. The van der Waals surface area contributed by atoms with E-state index in [9.17, 15) is 4.79 Å². The molecule has 2 saturated heterocycles. The number of hydrogen-bond donors (Lipinski definition) is 0. The first-order chi connectivity index (χ1) is 10.6. The minimum Gasteiger partial charge on any atom is -0.363 e. The number of nitrogens with zero attached hydrogens (tertiary/aromatic N) is 4. The quantitative estimate of drug-likeness (QED) is 0.832. The number of likely N-dealkylation sites (tertiary alicyclic amines) is 1. The molecule has 0 saturated carbocycles. The van der Waals surface area contributed by atoms with Crippen LogP contribution in [0.3, 0.4) is 0 Å². The molecule has 22 heavy (non-hydrogen) atoms. The van der Waals surface area contributed by atoms with E-state index in [2.05, 4.69) is 16.9 Å². The second-order valence-electron chi connectivity index (χ2n) is 6.66. The summed E-state index contributed by atoms with van der Waals surface area (Å²) in [6.45, 7) is 6.32. The number of carbonyl (C=O) groups is 1. The highest BCUT2D eigenvalue weighted by atomic mass is 16.5. The van der Waals surface area contributed by atoms with E-state index in [1.54, 1.807) is 0 Å². The van der Waals surface area contributed by atoms with E-state index in [4.69, 9.17) is 4.74 Å². The van der Waals surface area contributed by atoms with Crippen LogP contribution in [0.1, 0.15) is 26.2 Å². The van der Waals surface area contributed by atoms with E-state index in [1.807, 2.05) is 35.1 Å². The first-order valence-corrected chi connectivity index (χ1v) is 8.17. The topological polar surface area (TPSA) is 50.6 Å². The van der Waals surface area contributed by atoms with E-state index in [1.165, 1.54) is 0 Å². The van der Waals surface area contributed by atoms with Crippen molar-refractivity contribution in [2.75, 3.05) is 33.3 Å². The molecule has 1 amide bonds. The van der Waals surface area contributed by atoms with Crippen molar-refractivity contribution in [2.45, 2.75) is 44.4 Å². The maximum atomic E-state index is 11.6. The zero-order chi connectivity index (χ0) is 15.6. The van der Waals surface area contributed by atoms with Crippen LogP contribution in [0.25, 0.3) is 0 Å². The van der Waals surface area contributed by atoms with Crippen molar-refractivity contribution >= 4 is 5.91 Å². The Hall–Kier alpha value is -1.40. The van der Waals surface area contributed by atoms with Gasteiger partial charge in [-0.1, -0.05) is 0 Å². The molecular weight excluding hydrogens is 280 g/mol. The number of aryl methyl sites for hydroxylation is 1. The summed E-state index contributed by atoms with van der Waals surface area (Å²) in [6.07, 6.45) is 6.97. The van der Waals surface area contributed by atoms with Crippen molar-refractivity contribution < 1.29 is 9.53 Å². The fourth-order valence-corrected chi connectivity index (χ4v) is 3.50. The van der Waals surface area contributed by atoms with Crippen LogP contribution in [0.2, 0.25) is 0 Å². The molecule has 0 unspecified atom stereocenters. The SMILES string of the molecule is C[C@@H](CCn1cccn1)N1CCC2(CC1)CN(C)C(=O)CO2. The van der Waals surface area contributed by atoms with Gasteiger partial charge in [-0.2, -0.15) is 5.10 Å². The molecular formula is C16H26N4O2. The number of hydrogen-bond acceptors (Lipinski definition) is 4. The normalized spacial score (nSPS) is 23.9. The third kappa shape index (κ3) is 3.33. The predicted octanol–water partition coefficient (Wildman–Crippen LogP) is 0.985. The van der Waals surface area contributed by atoms with E-state index in [-0.39, 0.29) is 18.1 Å². The van der Waals surface area contributed by atoms with Gasteiger partial charge in [-0.25, -0.2) is 0 Å². The predicted molar refractivity (Wildman–Crippen MR) is 83.4 cm³/mol. The number of carbonyl (C=O) groups excluding carboxylic acids is 1. The maximum absolute atomic E-state index is 11.6. The van der Waals surface area contributed by atoms with Crippen molar-refractivity contribution in [3.63, 3.8) is 0 Å². The summed E-state index contributed by atoms with van der Waals surface area (Å²) in [5.74, 6) is 0.0978. The fourth-order valence-electron chi connectivity index (χ4n) is 3.50. The molecule has 2 fully saturated rings. The van der Waals surface area contributed by atoms with Gasteiger partial charge in [-0.3, -0.25) is 9.48 Å². The van der Waals surface area contributed by atoms with Crippen LogP contribution in [-0.4, -0.2) is 70.4 Å². The molecule has 2 aliphatic rings. The number of rotatable bonds is 4. The first-order valence-electron chi connectivity index (χ1n) is 8.17. The molecule has 3 heterocycles. The van der Waals surface area contributed by atoms with Gasteiger partial charge in [-0.15, -0.1) is 0 Å². The highest BCUT2D eigenvalue weighted by molar-refractivity contribution is 5.78. The standard InChI is InChI=1S/C16H26N4O2/c1-14(4-9-20-8-3-7-17-20)19-10-5-16(6-11-19)13-18(2)15(21)12-22-16/h3,7-8,14H,4-6,9-13H2,1-2H3/t14-/m0/s1. The second-order valence-corrected chi connectivity index (χ2v) is 6.66. The number of likely N-dealkylation sites (N-methyl/N-ethyl adjacent to an activating group) is 1. The minimum absolute atomic E-state index is 0.0978. The van der Waals surface area contributed by atoms with Gasteiger partial charge in [0.05, 0.1) is 5.60 Å². The van der Waals surface area contributed by atoms with Gasteiger partial charge in [0.1, 0.15) is 6.61 Å². The molecule has 0 N–H and O–H groups in total. The summed E-state index contributed by atoms with van der Waals surface area (Å²) in [6, 6.07) is 2.51. The van der Waals surface area contributed by atoms with Gasteiger partial charge < -0.3 is 14.5 Å². The molecule has 0 aliphatic carbocycles. The smallest absolute Gasteiger partial charge is 0.248 e. The Labute approximate surface area is 132 Å².